The van der Waals surface area contributed by atoms with Crippen molar-refractivity contribution in [3.63, 3.8) is 0 Å². The summed E-state index contributed by atoms with van der Waals surface area (Å²) in [6, 6.07) is 0. The van der Waals surface area contributed by atoms with Crippen LogP contribution in [0.2, 0.25) is 0 Å². The third kappa shape index (κ3) is 6.28. The van der Waals surface area contributed by atoms with E-state index in [-0.39, 0.29) is 12.7 Å². The van der Waals surface area contributed by atoms with Crippen LogP contribution >= 0.6 is 0 Å². The number of unbranched alkanes of at least 4 members (excludes halogenated alkanes) is 2. The predicted molar refractivity (Wildman–Crippen MR) is 45.4 cm³/mol. The average Bonchev–Trinajstić information content (AvgIpc) is 2.05. The van der Waals surface area contributed by atoms with E-state index in [2.05, 4.69) is 6.92 Å². The van der Waals surface area contributed by atoms with Crippen LogP contribution < -0.4 is 5.73 Å². The van der Waals surface area contributed by atoms with Gasteiger partial charge in [-0.2, -0.15) is 0 Å². The highest BCUT2D eigenvalue weighted by Gasteiger charge is 2.02. The van der Waals surface area contributed by atoms with Gasteiger partial charge in [-0.25, -0.2) is 0 Å². The highest BCUT2D eigenvalue weighted by molar-refractivity contribution is 4.54. The van der Waals surface area contributed by atoms with Gasteiger partial charge in [-0.1, -0.05) is 19.8 Å². The van der Waals surface area contributed by atoms with Crippen LogP contribution in [0.5, 0.6) is 0 Å². The van der Waals surface area contributed by atoms with E-state index in [4.69, 9.17) is 15.6 Å². The Morgan fingerprint density at radius 3 is 2.64 bits per heavy atom. The van der Waals surface area contributed by atoms with Gasteiger partial charge in [0.1, 0.15) is 0 Å². The molecular formula is C8H19NO2. The van der Waals surface area contributed by atoms with Crippen LogP contribution in [0.15, 0.2) is 0 Å². The lowest BCUT2D eigenvalue weighted by Gasteiger charge is -2.12. The van der Waals surface area contributed by atoms with Crippen LogP contribution in [-0.2, 0) is 4.74 Å². The maximum absolute atomic E-state index is 8.68. The highest BCUT2D eigenvalue weighted by Crippen LogP contribution is 1.96. The number of aliphatic hydroxyl groups is 1. The first-order valence-corrected chi connectivity index (χ1v) is 4.27. The molecule has 11 heavy (non-hydrogen) atoms. The van der Waals surface area contributed by atoms with Gasteiger partial charge in [0.05, 0.1) is 12.7 Å². The molecule has 0 aromatic carbocycles. The molecule has 0 saturated carbocycles. The number of ether oxygens (including phenoxy) is 1. The van der Waals surface area contributed by atoms with Crippen molar-refractivity contribution in [2.75, 3.05) is 19.8 Å². The summed E-state index contributed by atoms with van der Waals surface area (Å²) in [7, 11) is 0. The summed E-state index contributed by atoms with van der Waals surface area (Å²) in [6.45, 7) is 3.30. The van der Waals surface area contributed by atoms with E-state index in [0.29, 0.717) is 6.54 Å². The number of rotatable bonds is 7. The largest absolute Gasteiger partial charge is 0.394 e. The van der Waals surface area contributed by atoms with Crippen LogP contribution in [0.4, 0.5) is 0 Å². The molecule has 0 bridgehead atoms. The molecule has 0 aromatic rings. The molecule has 3 nitrogen and oxygen atoms in total. The van der Waals surface area contributed by atoms with E-state index < -0.39 is 0 Å². The second kappa shape index (κ2) is 7.98. The molecule has 0 amide bonds. The molecule has 3 heteroatoms. The minimum Gasteiger partial charge on any atom is -0.394 e. The van der Waals surface area contributed by atoms with Gasteiger partial charge < -0.3 is 15.6 Å². The Hall–Kier alpha value is -0.120. The van der Waals surface area contributed by atoms with Crippen LogP contribution in [0.25, 0.3) is 0 Å². The number of nitrogens with two attached hydrogens (primary N) is 1. The van der Waals surface area contributed by atoms with E-state index in [0.717, 1.165) is 13.0 Å². The molecule has 0 fully saturated rings. The van der Waals surface area contributed by atoms with E-state index >= 15 is 0 Å². The SMILES string of the molecule is CCCCCOC(CN)CO. The van der Waals surface area contributed by atoms with Crippen molar-refractivity contribution in [3.8, 4) is 0 Å². The molecule has 0 radical (unpaired) electrons. The maximum atomic E-state index is 8.68. The summed E-state index contributed by atoms with van der Waals surface area (Å²) in [6.07, 6.45) is 3.28. The first kappa shape index (κ1) is 10.9. The zero-order valence-electron chi connectivity index (χ0n) is 7.25. The van der Waals surface area contributed by atoms with Gasteiger partial charge in [-0.3, -0.25) is 0 Å². The Bertz CT molecular complexity index is 74.5. The van der Waals surface area contributed by atoms with Crippen LogP contribution in [0.3, 0.4) is 0 Å². The van der Waals surface area contributed by atoms with Crippen LogP contribution in [0.1, 0.15) is 26.2 Å². The topological polar surface area (TPSA) is 55.5 Å². The smallest absolute Gasteiger partial charge is 0.0927 e. The number of hydrogen-bond donors (Lipinski definition) is 2. The summed E-state index contributed by atoms with van der Waals surface area (Å²) in [5.41, 5.74) is 5.31. The molecule has 1 atom stereocenters. The zero-order valence-corrected chi connectivity index (χ0v) is 7.25. The molecule has 68 valence electrons. The molecule has 0 heterocycles. The molecule has 0 rings (SSSR count). The quantitative estimate of drug-likeness (QED) is 0.535. The summed E-state index contributed by atoms with van der Waals surface area (Å²) in [5.74, 6) is 0. The first-order chi connectivity index (χ1) is 5.35. The normalized spacial score (nSPS) is 13.4. The Kier molecular flexibility index (Phi) is 7.89. The van der Waals surface area contributed by atoms with Crippen LogP contribution in [0, 0.1) is 0 Å². The van der Waals surface area contributed by atoms with Gasteiger partial charge in [0.25, 0.3) is 0 Å². The average molecular weight is 161 g/mol. The molecule has 1 unspecified atom stereocenters. The summed E-state index contributed by atoms with van der Waals surface area (Å²) >= 11 is 0. The molecule has 0 aliphatic carbocycles. The van der Waals surface area contributed by atoms with Crippen LogP contribution in [-0.4, -0.2) is 31.0 Å². The fourth-order valence-corrected chi connectivity index (χ4v) is 0.797. The third-order valence-corrected chi connectivity index (χ3v) is 1.57. The first-order valence-electron chi connectivity index (χ1n) is 4.27. The lowest BCUT2D eigenvalue weighted by Crippen LogP contribution is -2.27. The van der Waals surface area contributed by atoms with Gasteiger partial charge in [-0.05, 0) is 6.42 Å². The van der Waals surface area contributed by atoms with E-state index in [9.17, 15) is 0 Å². The van der Waals surface area contributed by atoms with Crippen molar-refractivity contribution < 1.29 is 9.84 Å². The van der Waals surface area contributed by atoms with E-state index in [1.54, 1.807) is 0 Å². The zero-order chi connectivity index (χ0) is 8.53. The van der Waals surface area contributed by atoms with Crippen molar-refractivity contribution in [2.24, 2.45) is 5.73 Å². The molecular weight excluding hydrogens is 142 g/mol. The Labute approximate surface area is 68.5 Å². The fourth-order valence-electron chi connectivity index (χ4n) is 0.797. The Morgan fingerprint density at radius 1 is 1.45 bits per heavy atom. The Morgan fingerprint density at radius 2 is 2.18 bits per heavy atom. The standard InChI is InChI=1S/C8H19NO2/c1-2-3-4-5-11-8(6-9)7-10/h8,10H,2-7,9H2,1H3. The van der Waals surface area contributed by atoms with Gasteiger partial charge >= 0.3 is 0 Å². The minimum atomic E-state index is -0.160. The maximum Gasteiger partial charge on any atom is 0.0927 e. The van der Waals surface area contributed by atoms with Crippen molar-refractivity contribution in [3.05, 3.63) is 0 Å². The summed E-state index contributed by atoms with van der Waals surface area (Å²) < 4.78 is 5.27. The molecule has 0 saturated heterocycles. The second-order valence-corrected chi connectivity index (χ2v) is 2.62. The summed E-state index contributed by atoms with van der Waals surface area (Å²) in [4.78, 5) is 0. The van der Waals surface area contributed by atoms with Crippen molar-refractivity contribution in [1.82, 2.24) is 0 Å². The molecule has 0 aliphatic heterocycles. The monoisotopic (exact) mass is 161 g/mol. The van der Waals surface area contributed by atoms with Gasteiger partial charge in [-0.15, -0.1) is 0 Å². The van der Waals surface area contributed by atoms with Crippen molar-refractivity contribution in [2.45, 2.75) is 32.3 Å². The molecule has 3 N–H and O–H groups in total. The minimum absolute atomic E-state index is 0.0304. The molecule has 0 aromatic heterocycles. The lowest BCUT2D eigenvalue weighted by molar-refractivity contribution is 0.0171. The van der Waals surface area contributed by atoms with Crippen molar-refractivity contribution in [1.29, 1.82) is 0 Å². The second-order valence-electron chi connectivity index (χ2n) is 2.62. The fraction of sp³-hybridized carbons (Fsp3) is 1.00. The molecule has 0 spiro atoms. The molecule has 0 aliphatic rings. The number of aliphatic hydroxyl groups excluding tert-OH is 1. The summed E-state index contributed by atoms with van der Waals surface area (Å²) in [5, 5.41) is 8.68. The van der Waals surface area contributed by atoms with E-state index in [1.165, 1.54) is 12.8 Å². The predicted octanol–water partition coefficient (Wildman–Crippen LogP) is 0.513. The number of hydrogen-bond acceptors (Lipinski definition) is 3. The van der Waals surface area contributed by atoms with Gasteiger partial charge in [0.15, 0.2) is 0 Å². The van der Waals surface area contributed by atoms with Gasteiger partial charge in [0, 0.05) is 13.2 Å². The highest BCUT2D eigenvalue weighted by atomic mass is 16.5. The third-order valence-electron chi connectivity index (χ3n) is 1.57. The van der Waals surface area contributed by atoms with Gasteiger partial charge in [0.2, 0.25) is 0 Å². The lowest BCUT2D eigenvalue weighted by atomic mass is 10.3. The van der Waals surface area contributed by atoms with E-state index in [1.807, 2.05) is 0 Å². The van der Waals surface area contributed by atoms with Crippen molar-refractivity contribution >= 4 is 0 Å². The Balaban J connectivity index is 3.07.